The van der Waals surface area contributed by atoms with Crippen molar-refractivity contribution >= 4 is 23.2 Å². The van der Waals surface area contributed by atoms with Crippen LogP contribution in [-0.4, -0.2) is 36.4 Å². The van der Waals surface area contributed by atoms with E-state index in [0.29, 0.717) is 12.2 Å². The van der Waals surface area contributed by atoms with Crippen molar-refractivity contribution in [2.24, 2.45) is 0 Å². The highest BCUT2D eigenvalue weighted by molar-refractivity contribution is 6.03. The molecule has 0 bridgehead atoms. The van der Waals surface area contributed by atoms with Crippen LogP contribution >= 0.6 is 0 Å². The minimum absolute atomic E-state index is 0.214. The molecule has 0 spiro atoms. The Morgan fingerprint density at radius 3 is 2.15 bits per heavy atom. The van der Waals surface area contributed by atoms with Gasteiger partial charge in [0.15, 0.2) is 0 Å². The Hall–Kier alpha value is -2.89. The summed E-state index contributed by atoms with van der Waals surface area (Å²) in [4.78, 5) is 31.0. The molecule has 1 aromatic heterocycles. The summed E-state index contributed by atoms with van der Waals surface area (Å²) >= 11 is 0. The van der Waals surface area contributed by atoms with Gasteiger partial charge in [-0.3, -0.25) is 9.59 Å². The maximum Gasteiger partial charge on any atom is 0.274 e. The molecule has 2 amide bonds. The maximum atomic E-state index is 12.5. The van der Waals surface area contributed by atoms with E-state index in [1.807, 2.05) is 24.3 Å². The Kier molecular flexibility index (Phi) is 7.79. The number of amides is 2. The summed E-state index contributed by atoms with van der Waals surface area (Å²) in [6, 6.07) is 12.6. The van der Waals surface area contributed by atoms with E-state index in [-0.39, 0.29) is 23.2 Å². The summed E-state index contributed by atoms with van der Waals surface area (Å²) in [5.74, 6) is -0.601. The van der Waals surface area contributed by atoms with Crippen LogP contribution in [0.1, 0.15) is 54.6 Å². The van der Waals surface area contributed by atoms with Gasteiger partial charge in [-0.15, -0.1) is 0 Å². The van der Waals surface area contributed by atoms with Crippen LogP contribution < -0.4 is 15.5 Å². The number of benzene rings is 1. The minimum Gasteiger partial charge on any atom is -0.372 e. The smallest absolute Gasteiger partial charge is 0.274 e. The lowest BCUT2D eigenvalue weighted by molar-refractivity contribution is 0.0948. The lowest BCUT2D eigenvalue weighted by Gasteiger charge is -2.21. The fourth-order valence-corrected chi connectivity index (χ4v) is 2.70. The lowest BCUT2D eigenvalue weighted by Crippen LogP contribution is -2.26. The predicted molar refractivity (Wildman–Crippen MR) is 109 cm³/mol. The second-order valence-corrected chi connectivity index (χ2v) is 6.19. The highest BCUT2D eigenvalue weighted by Gasteiger charge is 2.12. The molecule has 0 fully saturated rings. The minimum atomic E-state index is -0.339. The normalized spacial score (nSPS) is 10.3. The van der Waals surface area contributed by atoms with Crippen molar-refractivity contribution < 1.29 is 9.59 Å². The first-order valence-electron chi connectivity index (χ1n) is 9.50. The van der Waals surface area contributed by atoms with Gasteiger partial charge >= 0.3 is 0 Å². The first-order chi connectivity index (χ1) is 13.1. The third-order valence-corrected chi connectivity index (χ3v) is 4.28. The number of pyridine rings is 1. The number of aromatic nitrogens is 1. The molecule has 0 aliphatic carbocycles. The molecule has 0 saturated carbocycles. The monoisotopic (exact) mass is 368 g/mol. The zero-order valence-corrected chi connectivity index (χ0v) is 16.3. The first-order valence-corrected chi connectivity index (χ1v) is 9.50. The summed E-state index contributed by atoms with van der Waals surface area (Å²) in [5.41, 5.74) is 2.26. The van der Waals surface area contributed by atoms with Gasteiger partial charge < -0.3 is 15.5 Å². The van der Waals surface area contributed by atoms with E-state index in [1.54, 1.807) is 18.2 Å². The second kappa shape index (κ2) is 10.3. The number of anilines is 2. The van der Waals surface area contributed by atoms with Crippen LogP contribution in [0.4, 0.5) is 11.4 Å². The molecule has 1 aromatic carbocycles. The molecule has 27 heavy (non-hydrogen) atoms. The van der Waals surface area contributed by atoms with Crippen LogP contribution in [0, 0.1) is 0 Å². The van der Waals surface area contributed by atoms with E-state index in [1.165, 1.54) is 0 Å². The Morgan fingerprint density at radius 1 is 0.926 bits per heavy atom. The van der Waals surface area contributed by atoms with E-state index in [0.717, 1.165) is 31.6 Å². The zero-order valence-electron chi connectivity index (χ0n) is 16.3. The zero-order chi connectivity index (χ0) is 19.6. The van der Waals surface area contributed by atoms with Crippen molar-refractivity contribution in [3.8, 4) is 0 Å². The molecule has 2 aromatic rings. The second-order valence-electron chi connectivity index (χ2n) is 6.19. The summed E-state index contributed by atoms with van der Waals surface area (Å²) in [6.45, 7) is 8.74. The lowest BCUT2D eigenvalue weighted by atomic mass is 10.2. The third kappa shape index (κ3) is 5.81. The van der Waals surface area contributed by atoms with Crippen LogP contribution in [0.3, 0.4) is 0 Å². The quantitative estimate of drug-likeness (QED) is 0.662. The Balaban J connectivity index is 2.03. The number of rotatable bonds is 9. The Morgan fingerprint density at radius 2 is 1.56 bits per heavy atom. The van der Waals surface area contributed by atoms with Crippen molar-refractivity contribution in [1.29, 1.82) is 0 Å². The van der Waals surface area contributed by atoms with Crippen LogP contribution in [0.25, 0.3) is 0 Å². The summed E-state index contributed by atoms with van der Waals surface area (Å²) in [5, 5.41) is 5.63. The third-order valence-electron chi connectivity index (χ3n) is 4.28. The summed E-state index contributed by atoms with van der Waals surface area (Å²) < 4.78 is 0. The topological polar surface area (TPSA) is 74.3 Å². The standard InChI is InChI=1S/C21H28N4O2/c1-4-7-15-22-20(26)18-9-8-10-19(24-18)21(27)23-16-11-13-17(14-12-16)25(5-2)6-3/h8-14H,4-7,15H2,1-3H3,(H,22,26)(H,23,27). The highest BCUT2D eigenvalue weighted by Crippen LogP contribution is 2.18. The number of hydrogen-bond acceptors (Lipinski definition) is 4. The van der Waals surface area contributed by atoms with Crippen molar-refractivity contribution in [1.82, 2.24) is 10.3 Å². The van der Waals surface area contributed by atoms with Gasteiger partial charge in [0.05, 0.1) is 0 Å². The van der Waals surface area contributed by atoms with Crippen LogP contribution in [0.15, 0.2) is 42.5 Å². The molecular weight excluding hydrogens is 340 g/mol. The van der Waals surface area contributed by atoms with E-state index < -0.39 is 0 Å². The molecule has 0 aliphatic rings. The van der Waals surface area contributed by atoms with Gasteiger partial charge in [0.1, 0.15) is 11.4 Å². The average molecular weight is 368 g/mol. The van der Waals surface area contributed by atoms with Crippen LogP contribution in [0.2, 0.25) is 0 Å². The number of nitrogens with one attached hydrogen (secondary N) is 2. The Labute approximate surface area is 161 Å². The van der Waals surface area contributed by atoms with Gasteiger partial charge in [0.25, 0.3) is 11.8 Å². The number of nitrogens with zero attached hydrogens (tertiary/aromatic N) is 2. The number of carbonyl (C=O) groups excluding carboxylic acids is 2. The fraction of sp³-hybridized carbons (Fsp3) is 0.381. The van der Waals surface area contributed by atoms with Gasteiger partial charge in [0.2, 0.25) is 0 Å². The van der Waals surface area contributed by atoms with Crippen LogP contribution in [-0.2, 0) is 0 Å². The van der Waals surface area contributed by atoms with Crippen molar-refractivity contribution in [3.63, 3.8) is 0 Å². The molecule has 2 N–H and O–H groups in total. The predicted octanol–water partition coefficient (Wildman–Crippen LogP) is 3.71. The molecular formula is C21H28N4O2. The number of hydrogen-bond donors (Lipinski definition) is 2. The summed E-state index contributed by atoms with van der Waals surface area (Å²) in [7, 11) is 0. The molecule has 1 heterocycles. The SMILES string of the molecule is CCCCNC(=O)c1cccc(C(=O)Nc2ccc(N(CC)CC)cc2)n1. The van der Waals surface area contributed by atoms with Gasteiger partial charge in [-0.1, -0.05) is 19.4 Å². The van der Waals surface area contributed by atoms with Crippen molar-refractivity contribution in [2.45, 2.75) is 33.6 Å². The van der Waals surface area contributed by atoms with Crippen LogP contribution in [0.5, 0.6) is 0 Å². The molecule has 0 atom stereocenters. The van der Waals surface area contributed by atoms with E-state index in [4.69, 9.17) is 0 Å². The molecule has 0 radical (unpaired) electrons. The fourth-order valence-electron chi connectivity index (χ4n) is 2.70. The van der Waals surface area contributed by atoms with Gasteiger partial charge in [-0.25, -0.2) is 4.98 Å². The largest absolute Gasteiger partial charge is 0.372 e. The number of carbonyl (C=O) groups is 2. The van der Waals surface area contributed by atoms with Gasteiger partial charge in [-0.2, -0.15) is 0 Å². The molecule has 0 saturated heterocycles. The van der Waals surface area contributed by atoms with E-state index >= 15 is 0 Å². The van der Waals surface area contributed by atoms with Crippen molar-refractivity contribution in [2.75, 3.05) is 29.9 Å². The maximum absolute atomic E-state index is 12.5. The Bertz CT molecular complexity index is 755. The average Bonchev–Trinajstić information content (AvgIpc) is 2.70. The van der Waals surface area contributed by atoms with E-state index in [2.05, 4.69) is 41.3 Å². The first kappa shape index (κ1) is 20.4. The number of unbranched alkanes of at least 4 members (excludes halogenated alkanes) is 1. The summed E-state index contributed by atoms with van der Waals surface area (Å²) in [6.07, 6.45) is 1.92. The molecule has 144 valence electrons. The molecule has 0 unspecified atom stereocenters. The van der Waals surface area contributed by atoms with E-state index in [9.17, 15) is 9.59 Å². The molecule has 0 aliphatic heterocycles. The molecule has 6 nitrogen and oxygen atoms in total. The molecule has 2 rings (SSSR count). The van der Waals surface area contributed by atoms with Crippen molar-refractivity contribution in [3.05, 3.63) is 53.9 Å². The molecule has 6 heteroatoms. The van der Waals surface area contributed by atoms with Gasteiger partial charge in [0, 0.05) is 31.0 Å². The van der Waals surface area contributed by atoms with Gasteiger partial charge in [-0.05, 0) is 56.7 Å². The highest BCUT2D eigenvalue weighted by atomic mass is 16.2.